The molecule has 2 rings (SSSR count). The Morgan fingerprint density at radius 1 is 1.17 bits per heavy atom. The molecule has 90 valence electrons. The lowest BCUT2D eigenvalue weighted by Gasteiger charge is -2.13. The minimum absolute atomic E-state index is 0.355. The Kier molecular flexibility index (Phi) is 3.59. The molecule has 1 aromatic heterocycles. The second-order valence-electron chi connectivity index (χ2n) is 4.26. The number of ether oxygens (including phenoxy) is 1. The van der Waals surface area contributed by atoms with E-state index in [9.17, 15) is 0 Å². The van der Waals surface area contributed by atoms with E-state index in [-0.39, 0.29) is 0 Å². The molecular weight excluding hydrogens is 224 g/mol. The summed E-state index contributed by atoms with van der Waals surface area (Å²) < 4.78 is 5.76. The van der Waals surface area contributed by atoms with Gasteiger partial charge >= 0.3 is 0 Å². The predicted molar refractivity (Wildman–Crippen MR) is 69.6 cm³/mol. The molecule has 0 atom stereocenters. The summed E-state index contributed by atoms with van der Waals surface area (Å²) in [6.45, 7) is 4.21. The lowest BCUT2D eigenvalue weighted by Crippen LogP contribution is -1.96. The monoisotopic (exact) mass is 238 g/mol. The average Bonchev–Trinajstić information content (AvgIpc) is 2.40. The summed E-state index contributed by atoms with van der Waals surface area (Å²) >= 11 is 0. The summed E-state index contributed by atoms with van der Waals surface area (Å²) in [5.41, 5.74) is 1.54. The van der Waals surface area contributed by atoms with Crippen LogP contribution in [0.15, 0.2) is 42.6 Å². The molecule has 1 heterocycles. The quantitative estimate of drug-likeness (QED) is 0.815. The maximum Gasteiger partial charge on any atom is 0.237 e. The van der Waals surface area contributed by atoms with Crippen LogP contribution in [0.1, 0.15) is 30.9 Å². The normalized spacial score (nSPS) is 10.1. The molecule has 3 nitrogen and oxygen atoms in total. The Morgan fingerprint density at radius 3 is 2.67 bits per heavy atom. The molecule has 0 amide bonds. The SMILES string of the molecule is CC(C)c1ccccc1Oc1ncccc1C#N. The van der Waals surface area contributed by atoms with Crippen LogP contribution in [-0.2, 0) is 0 Å². The van der Waals surface area contributed by atoms with Crippen LogP contribution in [0, 0.1) is 11.3 Å². The Balaban J connectivity index is 2.38. The minimum atomic E-state index is 0.355. The van der Waals surface area contributed by atoms with Crippen molar-refractivity contribution in [1.82, 2.24) is 4.98 Å². The standard InChI is InChI=1S/C15H14N2O/c1-11(2)13-7-3-4-8-14(13)18-15-12(10-16)6-5-9-17-15/h3-9,11H,1-2H3. The fourth-order valence-electron chi connectivity index (χ4n) is 1.71. The van der Waals surface area contributed by atoms with E-state index in [4.69, 9.17) is 10.00 Å². The van der Waals surface area contributed by atoms with Gasteiger partial charge in [-0.05, 0) is 29.7 Å². The van der Waals surface area contributed by atoms with Crippen LogP contribution < -0.4 is 4.74 Å². The Hall–Kier alpha value is -2.34. The summed E-state index contributed by atoms with van der Waals surface area (Å²) in [7, 11) is 0. The van der Waals surface area contributed by atoms with Gasteiger partial charge in [-0.2, -0.15) is 5.26 Å². The maximum atomic E-state index is 9.00. The molecule has 0 unspecified atom stereocenters. The molecule has 0 spiro atoms. The number of nitriles is 1. The summed E-state index contributed by atoms with van der Waals surface area (Å²) in [6.07, 6.45) is 1.62. The lowest BCUT2D eigenvalue weighted by atomic mass is 10.0. The molecule has 0 N–H and O–H groups in total. The molecule has 0 fully saturated rings. The number of benzene rings is 1. The Morgan fingerprint density at radius 2 is 1.94 bits per heavy atom. The first kappa shape index (κ1) is 12.1. The largest absolute Gasteiger partial charge is 0.437 e. The highest BCUT2D eigenvalue weighted by molar-refractivity contribution is 5.43. The van der Waals surface area contributed by atoms with E-state index < -0.39 is 0 Å². The van der Waals surface area contributed by atoms with Crippen molar-refractivity contribution in [1.29, 1.82) is 5.26 Å². The van der Waals surface area contributed by atoms with E-state index in [0.29, 0.717) is 17.4 Å². The Labute approximate surface area is 107 Å². The number of aromatic nitrogens is 1. The van der Waals surface area contributed by atoms with Crippen molar-refractivity contribution in [3.05, 3.63) is 53.7 Å². The molecular formula is C15H14N2O. The second-order valence-corrected chi connectivity index (χ2v) is 4.26. The van der Waals surface area contributed by atoms with E-state index in [1.54, 1.807) is 18.3 Å². The summed E-state index contributed by atoms with van der Waals surface area (Å²) in [4.78, 5) is 4.10. The molecule has 0 saturated carbocycles. The molecule has 2 aromatic rings. The number of hydrogen-bond acceptors (Lipinski definition) is 3. The summed E-state index contributed by atoms with van der Waals surface area (Å²) in [5, 5.41) is 9.00. The van der Waals surface area contributed by atoms with Crippen molar-refractivity contribution in [3.8, 4) is 17.7 Å². The predicted octanol–water partition coefficient (Wildman–Crippen LogP) is 3.87. The van der Waals surface area contributed by atoms with Gasteiger partial charge < -0.3 is 4.74 Å². The molecule has 1 aromatic carbocycles. The molecule has 0 radical (unpaired) electrons. The fourth-order valence-corrected chi connectivity index (χ4v) is 1.71. The number of hydrogen-bond donors (Lipinski definition) is 0. The highest BCUT2D eigenvalue weighted by atomic mass is 16.5. The number of nitrogens with zero attached hydrogens (tertiary/aromatic N) is 2. The van der Waals surface area contributed by atoms with Gasteiger partial charge in [0.2, 0.25) is 5.88 Å². The Bertz CT molecular complexity index is 585. The molecule has 0 saturated heterocycles. The third-order valence-corrected chi connectivity index (χ3v) is 2.64. The van der Waals surface area contributed by atoms with Gasteiger partial charge in [-0.1, -0.05) is 32.0 Å². The van der Waals surface area contributed by atoms with Crippen LogP contribution >= 0.6 is 0 Å². The van der Waals surface area contributed by atoms with E-state index >= 15 is 0 Å². The minimum Gasteiger partial charge on any atom is -0.437 e. The first-order chi connectivity index (χ1) is 8.72. The van der Waals surface area contributed by atoms with E-state index in [1.165, 1.54) is 0 Å². The first-order valence-electron chi connectivity index (χ1n) is 5.84. The third kappa shape index (κ3) is 2.49. The van der Waals surface area contributed by atoms with Gasteiger partial charge in [-0.15, -0.1) is 0 Å². The van der Waals surface area contributed by atoms with Crippen molar-refractivity contribution in [2.45, 2.75) is 19.8 Å². The molecule has 0 aliphatic carbocycles. The van der Waals surface area contributed by atoms with Crippen LogP contribution in [0.2, 0.25) is 0 Å². The van der Waals surface area contributed by atoms with Gasteiger partial charge in [0, 0.05) is 6.20 Å². The van der Waals surface area contributed by atoms with Gasteiger partial charge in [-0.25, -0.2) is 4.98 Å². The fraction of sp³-hybridized carbons (Fsp3) is 0.200. The number of para-hydroxylation sites is 1. The van der Waals surface area contributed by atoms with Gasteiger partial charge in [-0.3, -0.25) is 0 Å². The zero-order valence-electron chi connectivity index (χ0n) is 10.4. The van der Waals surface area contributed by atoms with Crippen molar-refractivity contribution >= 4 is 0 Å². The van der Waals surface area contributed by atoms with Gasteiger partial charge in [0.05, 0.1) is 0 Å². The van der Waals surface area contributed by atoms with Crippen molar-refractivity contribution in [2.24, 2.45) is 0 Å². The molecule has 0 aliphatic rings. The van der Waals surface area contributed by atoms with Crippen molar-refractivity contribution < 1.29 is 4.74 Å². The molecule has 3 heteroatoms. The topological polar surface area (TPSA) is 45.9 Å². The van der Waals surface area contributed by atoms with Crippen LogP contribution in [0.4, 0.5) is 0 Å². The number of rotatable bonds is 3. The van der Waals surface area contributed by atoms with Gasteiger partial charge in [0.15, 0.2) is 0 Å². The lowest BCUT2D eigenvalue weighted by molar-refractivity contribution is 0.453. The van der Waals surface area contributed by atoms with Gasteiger partial charge in [0.25, 0.3) is 0 Å². The highest BCUT2D eigenvalue weighted by Crippen LogP contribution is 2.30. The van der Waals surface area contributed by atoms with Crippen LogP contribution in [0.3, 0.4) is 0 Å². The molecule has 0 bridgehead atoms. The summed E-state index contributed by atoms with van der Waals surface area (Å²) in [6, 6.07) is 13.3. The van der Waals surface area contributed by atoms with Gasteiger partial charge in [0.1, 0.15) is 17.4 Å². The van der Waals surface area contributed by atoms with Crippen molar-refractivity contribution in [3.63, 3.8) is 0 Å². The second kappa shape index (κ2) is 5.33. The van der Waals surface area contributed by atoms with Crippen molar-refractivity contribution in [2.75, 3.05) is 0 Å². The maximum absolute atomic E-state index is 9.00. The molecule has 18 heavy (non-hydrogen) atoms. The smallest absolute Gasteiger partial charge is 0.237 e. The van der Waals surface area contributed by atoms with E-state index in [1.807, 2.05) is 24.3 Å². The van der Waals surface area contributed by atoms with Crippen LogP contribution in [0.25, 0.3) is 0 Å². The zero-order valence-corrected chi connectivity index (χ0v) is 10.4. The highest BCUT2D eigenvalue weighted by Gasteiger charge is 2.10. The molecule has 0 aliphatic heterocycles. The zero-order chi connectivity index (χ0) is 13.0. The van der Waals surface area contributed by atoms with E-state index in [0.717, 1.165) is 11.3 Å². The van der Waals surface area contributed by atoms with Crippen LogP contribution in [-0.4, -0.2) is 4.98 Å². The average molecular weight is 238 g/mol. The first-order valence-corrected chi connectivity index (χ1v) is 5.84. The summed E-state index contributed by atoms with van der Waals surface area (Å²) in [5.74, 6) is 1.46. The number of pyridine rings is 1. The third-order valence-electron chi connectivity index (χ3n) is 2.64. The van der Waals surface area contributed by atoms with Crippen LogP contribution in [0.5, 0.6) is 11.6 Å². The van der Waals surface area contributed by atoms with E-state index in [2.05, 4.69) is 24.9 Å².